The molecule has 0 saturated heterocycles. The van der Waals surface area contributed by atoms with Crippen LogP contribution in [0.15, 0.2) is 27.6 Å². The van der Waals surface area contributed by atoms with E-state index in [1.165, 1.54) is 6.07 Å². The van der Waals surface area contributed by atoms with E-state index in [4.69, 9.17) is 5.11 Å². The van der Waals surface area contributed by atoms with Gasteiger partial charge >= 0.3 is 5.97 Å². The highest BCUT2D eigenvalue weighted by atomic mass is 79.9. The van der Waals surface area contributed by atoms with E-state index in [0.717, 1.165) is 4.47 Å². The number of aryl methyl sites for hydroxylation is 1. The van der Waals surface area contributed by atoms with Gasteiger partial charge in [-0.2, -0.15) is 4.72 Å². The second-order valence-corrected chi connectivity index (χ2v) is 5.78. The molecule has 0 bridgehead atoms. The maximum absolute atomic E-state index is 11.7. The number of hydrogen-bond acceptors (Lipinski definition) is 3. The summed E-state index contributed by atoms with van der Waals surface area (Å²) in [5.74, 6) is -1.22. The molecule has 0 unspecified atom stereocenters. The number of aliphatic carboxylic acids is 1. The molecule has 88 valence electrons. The smallest absolute Gasteiger partial charge is 0.318 e. The van der Waals surface area contributed by atoms with Gasteiger partial charge in [-0.05, 0) is 30.7 Å². The van der Waals surface area contributed by atoms with Crippen molar-refractivity contribution in [1.29, 1.82) is 0 Å². The molecule has 0 atom stereocenters. The number of rotatable bonds is 4. The van der Waals surface area contributed by atoms with Crippen molar-refractivity contribution in [3.05, 3.63) is 28.2 Å². The Morgan fingerprint density at radius 2 is 2.12 bits per heavy atom. The highest BCUT2D eigenvalue weighted by Gasteiger charge is 2.17. The van der Waals surface area contributed by atoms with Crippen molar-refractivity contribution in [2.75, 3.05) is 6.54 Å². The van der Waals surface area contributed by atoms with Crippen molar-refractivity contribution in [2.24, 2.45) is 0 Å². The van der Waals surface area contributed by atoms with E-state index in [1.54, 1.807) is 19.1 Å². The zero-order chi connectivity index (χ0) is 12.3. The lowest BCUT2D eigenvalue weighted by Gasteiger charge is -2.07. The minimum absolute atomic E-state index is 0.0805. The first-order valence-electron chi connectivity index (χ1n) is 4.30. The van der Waals surface area contributed by atoms with E-state index in [0.29, 0.717) is 5.56 Å². The predicted molar refractivity (Wildman–Crippen MR) is 61.7 cm³/mol. The Kier molecular flexibility index (Phi) is 4.06. The number of carboxylic acids is 1. The molecular weight excluding hydrogens is 298 g/mol. The summed E-state index contributed by atoms with van der Waals surface area (Å²) in [6.07, 6.45) is 0. The first-order valence-corrected chi connectivity index (χ1v) is 6.58. The van der Waals surface area contributed by atoms with Gasteiger partial charge in [-0.25, -0.2) is 8.42 Å². The van der Waals surface area contributed by atoms with Gasteiger partial charge in [-0.1, -0.05) is 15.9 Å². The first kappa shape index (κ1) is 13.1. The Hall–Kier alpha value is -0.920. The number of sulfonamides is 1. The minimum Gasteiger partial charge on any atom is -0.480 e. The molecule has 0 spiro atoms. The molecule has 16 heavy (non-hydrogen) atoms. The van der Waals surface area contributed by atoms with Crippen molar-refractivity contribution in [3.63, 3.8) is 0 Å². The molecule has 7 heteroatoms. The number of nitrogens with one attached hydrogen (secondary N) is 1. The maximum Gasteiger partial charge on any atom is 0.318 e. The van der Waals surface area contributed by atoms with E-state index in [9.17, 15) is 13.2 Å². The third kappa shape index (κ3) is 3.29. The van der Waals surface area contributed by atoms with Crippen LogP contribution in [0, 0.1) is 6.92 Å². The van der Waals surface area contributed by atoms with Gasteiger partial charge in [-0.3, -0.25) is 4.79 Å². The fourth-order valence-corrected chi connectivity index (χ4v) is 2.82. The van der Waals surface area contributed by atoms with Crippen molar-refractivity contribution in [1.82, 2.24) is 4.72 Å². The highest BCUT2D eigenvalue weighted by molar-refractivity contribution is 9.10. The summed E-state index contributed by atoms with van der Waals surface area (Å²) in [5.41, 5.74) is 0.548. The monoisotopic (exact) mass is 307 g/mol. The Balaban J connectivity index is 3.03. The number of hydrogen-bond donors (Lipinski definition) is 2. The molecule has 0 saturated carbocycles. The molecular formula is C9H10BrNO4S. The van der Waals surface area contributed by atoms with Crippen LogP contribution in [0.2, 0.25) is 0 Å². The van der Waals surface area contributed by atoms with Gasteiger partial charge in [0.25, 0.3) is 0 Å². The molecule has 0 aliphatic carbocycles. The van der Waals surface area contributed by atoms with Gasteiger partial charge < -0.3 is 5.11 Å². The second-order valence-electron chi connectivity index (χ2n) is 3.13. The Morgan fingerprint density at radius 1 is 1.50 bits per heavy atom. The minimum atomic E-state index is -3.75. The Bertz CT molecular complexity index is 512. The van der Waals surface area contributed by atoms with Crippen LogP contribution in [0.1, 0.15) is 5.56 Å². The lowest BCUT2D eigenvalue weighted by molar-refractivity contribution is -0.135. The standard InChI is InChI=1S/C9H10BrNO4S/c1-6-4-7(10)2-3-8(6)16(14,15)11-5-9(12)13/h2-4,11H,5H2,1H3,(H,12,13). The fraction of sp³-hybridized carbons (Fsp3) is 0.222. The van der Waals surface area contributed by atoms with Crippen LogP contribution in [-0.4, -0.2) is 26.0 Å². The molecule has 0 heterocycles. The fourth-order valence-electron chi connectivity index (χ4n) is 1.15. The Morgan fingerprint density at radius 3 is 2.62 bits per heavy atom. The normalized spacial score (nSPS) is 11.4. The van der Waals surface area contributed by atoms with Crippen molar-refractivity contribution in [2.45, 2.75) is 11.8 Å². The molecule has 2 N–H and O–H groups in total. The topological polar surface area (TPSA) is 83.5 Å². The molecule has 1 aromatic carbocycles. The summed E-state index contributed by atoms with van der Waals surface area (Å²) in [5, 5.41) is 8.40. The zero-order valence-electron chi connectivity index (χ0n) is 8.40. The van der Waals surface area contributed by atoms with Crippen molar-refractivity contribution >= 4 is 31.9 Å². The molecule has 0 fully saturated rings. The molecule has 0 amide bonds. The van der Waals surface area contributed by atoms with Crippen molar-refractivity contribution in [3.8, 4) is 0 Å². The maximum atomic E-state index is 11.7. The predicted octanol–water partition coefficient (Wildman–Crippen LogP) is 1.12. The first-order chi connectivity index (χ1) is 7.33. The average Bonchev–Trinajstić information content (AvgIpc) is 2.14. The van der Waals surface area contributed by atoms with Gasteiger partial charge in [0.05, 0.1) is 4.90 Å². The van der Waals surface area contributed by atoms with Crippen LogP contribution in [0.25, 0.3) is 0 Å². The lowest BCUT2D eigenvalue weighted by atomic mass is 10.2. The molecule has 5 nitrogen and oxygen atoms in total. The van der Waals surface area contributed by atoms with Gasteiger partial charge in [-0.15, -0.1) is 0 Å². The largest absolute Gasteiger partial charge is 0.480 e. The third-order valence-corrected chi connectivity index (χ3v) is 3.89. The number of benzene rings is 1. The molecule has 0 radical (unpaired) electrons. The third-order valence-electron chi connectivity index (χ3n) is 1.84. The number of halogens is 1. The van der Waals surface area contributed by atoms with E-state index < -0.39 is 22.5 Å². The summed E-state index contributed by atoms with van der Waals surface area (Å²) >= 11 is 3.22. The molecule has 1 rings (SSSR count). The van der Waals surface area contributed by atoms with Gasteiger partial charge in [0.1, 0.15) is 6.54 Å². The summed E-state index contributed by atoms with van der Waals surface area (Å²) in [4.78, 5) is 10.4. The lowest BCUT2D eigenvalue weighted by Crippen LogP contribution is -2.29. The van der Waals surface area contributed by atoms with Crippen LogP contribution >= 0.6 is 15.9 Å². The molecule has 0 aromatic heterocycles. The van der Waals surface area contributed by atoms with E-state index in [1.807, 2.05) is 4.72 Å². The quantitative estimate of drug-likeness (QED) is 0.873. The van der Waals surface area contributed by atoms with Crippen LogP contribution in [0.4, 0.5) is 0 Å². The zero-order valence-corrected chi connectivity index (χ0v) is 10.8. The summed E-state index contributed by atoms with van der Waals surface area (Å²) in [7, 11) is -3.75. The Labute approximate surface area is 102 Å². The summed E-state index contributed by atoms with van der Waals surface area (Å²) in [6, 6.07) is 4.65. The van der Waals surface area contributed by atoms with Crippen LogP contribution in [-0.2, 0) is 14.8 Å². The summed E-state index contributed by atoms with van der Waals surface area (Å²) in [6.45, 7) is 1.01. The average molecular weight is 308 g/mol. The van der Waals surface area contributed by atoms with Crippen LogP contribution in [0.5, 0.6) is 0 Å². The molecule has 0 aliphatic heterocycles. The molecule has 1 aromatic rings. The number of carbonyl (C=O) groups is 1. The SMILES string of the molecule is Cc1cc(Br)ccc1S(=O)(=O)NCC(=O)O. The van der Waals surface area contributed by atoms with E-state index in [-0.39, 0.29) is 4.90 Å². The van der Waals surface area contributed by atoms with Gasteiger partial charge in [0, 0.05) is 4.47 Å². The highest BCUT2D eigenvalue weighted by Crippen LogP contribution is 2.19. The van der Waals surface area contributed by atoms with Crippen molar-refractivity contribution < 1.29 is 18.3 Å². The molecule has 0 aliphatic rings. The van der Waals surface area contributed by atoms with Crippen LogP contribution in [0.3, 0.4) is 0 Å². The second kappa shape index (κ2) is 4.94. The summed E-state index contributed by atoms with van der Waals surface area (Å²) < 4.78 is 26.1. The van der Waals surface area contributed by atoms with E-state index in [2.05, 4.69) is 15.9 Å². The van der Waals surface area contributed by atoms with Gasteiger partial charge in [0.15, 0.2) is 0 Å². The number of carboxylic acid groups (broad SMARTS) is 1. The van der Waals surface area contributed by atoms with Crippen LogP contribution < -0.4 is 4.72 Å². The van der Waals surface area contributed by atoms with E-state index >= 15 is 0 Å². The van der Waals surface area contributed by atoms with Gasteiger partial charge in [0.2, 0.25) is 10.0 Å².